The lowest BCUT2D eigenvalue weighted by molar-refractivity contribution is 0.590. The van der Waals surface area contributed by atoms with Crippen molar-refractivity contribution in [2.45, 2.75) is 6.54 Å². The largest absolute Gasteiger partial charge is 0.246 e. The number of hydrogen-bond donors (Lipinski definition) is 0. The molecule has 0 aliphatic carbocycles. The van der Waals surface area contributed by atoms with Crippen molar-refractivity contribution >= 4 is 25.9 Å². The van der Waals surface area contributed by atoms with Crippen LogP contribution in [-0.2, 0) is 26.6 Å². The van der Waals surface area contributed by atoms with Crippen LogP contribution in [0.2, 0.25) is 0 Å². The molecule has 0 aromatic carbocycles. The highest BCUT2D eigenvalue weighted by Gasteiger charge is 2.28. The van der Waals surface area contributed by atoms with Gasteiger partial charge in [0.2, 0.25) is 20.0 Å². The highest BCUT2D eigenvalue weighted by molar-refractivity contribution is 8.09. The number of nitrogens with zero attached hydrogens (tertiary/aromatic N) is 5. The van der Waals surface area contributed by atoms with E-state index >= 15 is 0 Å². The molecule has 0 saturated carbocycles. The third kappa shape index (κ3) is 4.09. The molecule has 0 bridgehead atoms. The average Bonchev–Trinajstić information content (AvgIpc) is 2.22. The van der Waals surface area contributed by atoms with Crippen molar-refractivity contribution in [3.8, 4) is 0 Å². The van der Waals surface area contributed by atoms with Crippen molar-refractivity contribution in [1.29, 1.82) is 0 Å². The molecule has 19 heavy (non-hydrogen) atoms. The van der Waals surface area contributed by atoms with E-state index < -0.39 is 20.0 Å². The van der Waals surface area contributed by atoms with Gasteiger partial charge in [0.25, 0.3) is 0 Å². The Morgan fingerprint density at radius 1 is 1.26 bits per heavy atom. The molecule has 1 rings (SSSR count). The Balaban J connectivity index is 3.37. The summed E-state index contributed by atoms with van der Waals surface area (Å²) in [6, 6.07) is 4.15. The van der Waals surface area contributed by atoms with Gasteiger partial charge in [-0.05, 0) is 17.7 Å². The molecule has 1 aromatic heterocycles. The fourth-order valence-electron chi connectivity index (χ4n) is 1.35. The van der Waals surface area contributed by atoms with Crippen molar-refractivity contribution in [3.05, 3.63) is 34.3 Å². The molecule has 0 atom stereocenters. The zero-order chi connectivity index (χ0) is 14.7. The summed E-state index contributed by atoms with van der Waals surface area (Å²) in [4.78, 5) is 6.38. The molecule has 0 N–H and O–H groups in total. The van der Waals surface area contributed by atoms with Crippen LogP contribution in [-0.4, -0.2) is 34.3 Å². The summed E-state index contributed by atoms with van der Waals surface area (Å²) in [5, 5.41) is 3.27. The third-order valence-electron chi connectivity index (χ3n) is 1.88. The van der Waals surface area contributed by atoms with Crippen molar-refractivity contribution in [2.24, 2.45) is 5.11 Å². The van der Waals surface area contributed by atoms with Crippen LogP contribution < -0.4 is 3.71 Å². The van der Waals surface area contributed by atoms with Gasteiger partial charge in [-0.1, -0.05) is 11.2 Å². The maximum Gasteiger partial charge on any atom is 0.246 e. The van der Waals surface area contributed by atoms with E-state index in [4.69, 9.17) is 5.53 Å². The van der Waals surface area contributed by atoms with E-state index in [2.05, 4.69) is 15.0 Å². The Labute approximate surface area is 110 Å². The van der Waals surface area contributed by atoms with Gasteiger partial charge in [-0.3, -0.25) is 0 Å². The second-order valence-corrected chi connectivity index (χ2v) is 7.49. The molecule has 9 nitrogen and oxygen atoms in total. The zero-order valence-corrected chi connectivity index (χ0v) is 11.8. The molecule has 1 heterocycles. The Hall–Kier alpha value is -1.84. The minimum absolute atomic E-state index is 0.105. The number of sulfonamides is 2. The van der Waals surface area contributed by atoms with Gasteiger partial charge in [0.1, 0.15) is 0 Å². The minimum Gasteiger partial charge on any atom is -0.234 e. The summed E-state index contributed by atoms with van der Waals surface area (Å²) in [6.45, 7) is -0.105. The van der Waals surface area contributed by atoms with Crippen molar-refractivity contribution in [2.75, 3.05) is 16.2 Å². The van der Waals surface area contributed by atoms with Gasteiger partial charge in [0, 0.05) is 10.6 Å². The van der Waals surface area contributed by atoms with Crippen LogP contribution in [0.4, 0.5) is 5.82 Å². The molecule has 1 aromatic rings. The van der Waals surface area contributed by atoms with Crippen LogP contribution in [0, 0.1) is 0 Å². The third-order valence-corrected chi connectivity index (χ3v) is 5.08. The van der Waals surface area contributed by atoms with Gasteiger partial charge >= 0.3 is 0 Å². The lowest BCUT2D eigenvalue weighted by Crippen LogP contribution is -2.36. The summed E-state index contributed by atoms with van der Waals surface area (Å²) in [5.41, 5.74) is 8.45. The number of pyridine rings is 1. The van der Waals surface area contributed by atoms with E-state index in [-0.39, 0.29) is 21.8 Å². The second-order valence-electron chi connectivity index (χ2n) is 3.60. The van der Waals surface area contributed by atoms with E-state index in [0.29, 0.717) is 0 Å². The van der Waals surface area contributed by atoms with Gasteiger partial charge in [0.05, 0.1) is 19.1 Å². The van der Waals surface area contributed by atoms with E-state index in [1.54, 1.807) is 0 Å². The molecular weight excluding hydrogens is 294 g/mol. The zero-order valence-electron chi connectivity index (χ0n) is 10.1. The Morgan fingerprint density at radius 2 is 1.84 bits per heavy atom. The molecule has 104 valence electrons. The van der Waals surface area contributed by atoms with Gasteiger partial charge in [0.15, 0.2) is 5.82 Å². The first-order chi connectivity index (χ1) is 8.66. The average molecular weight is 305 g/mol. The fourth-order valence-corrected chi connectivity index (χ4v) is 4.20. The molecule has 0 fully saturated rings. The minimum atomic E-state index is -4.03. The number of rotatable bonds is 5. The molecule has 11 heteroatoms. The predicted molar refractivity (Wildman–Crippen MR) is 69.3 cm³/mol. The molecule has 0 aliphatic rings. The lowest BCUT2D eigenvalue weighted by atomic mass is 10.3. The number of aromatic nitrogens is 1. The smallest absolute Gasteiger partial charge is 0.234 e. The molecule has 0 saturated heterocycles. The molecule has 0 radical (unpaired) electrons. The van der Waals surface area contributed by atoms with Gasteiger partial charge in [-0.15, -0.1) is 3.71 Å². The SMILES string of the molecule is CS(=O)(=O)N(c1cccc(CN=[N+]=[N-])n1)S(C)(=O)=O. The van der Waals surface area contributed by atoms with E-state index in [9.17, 15) is 16.8 Å². The van der Waals surface area contributed by atoms with Crippen LogP contribution in [0.5, 0.6) is 0 Å². The summed E-state index contributed by atoms with van der Waals surface area (Å²) < 4.78 is 46.3. The maximum absolute atomic E-state index is 11.5. The molecule has 0 unspecified atom stereocenters. The van der Waals surface area contributed by atoms with Crippen LogP contribution in [0.25, 0.3) is 10.4 Å². The molecule has 0 aliphatic heterocycles. The normalized spacial score (nSPS) is 11.7. The van der Waals surface area contributed by atoms with E-state index in [1.165, 1.54) is 18.2 Å². The monoisotopic (exact) mass is 305 g/mol. The first kappa shape index (κ1) is 15.2. The predicted octanol–water partition coefficient (Wildman–Crippen LogP) is 0.618. The molecular formula is C8H11N5O4S2. The summed E-state index contributed by atoms with van der Waals surface area (Å²) >= 11 is 0. The van der Waals surface area contributed by atoms with Crippen molar-refractivity contribution in [1.82, 2.24) is 4.98 Å². The van der Waals surface area contributed by atoms with Crippen molar-refractivity contribution < 1.29 is 16.8 Å². The first-order valence-corrected chi connectivity index (χ1v) is 8.53. The van der Waals surface area contributed by atoms with Crippen molar-refractivity contribution in [3.63, 3.8) is 0 Å². The maximum atomic E-state index is 11.5. The highest BCUT2D eigenvalue weighted by Crippen LogP contribution is 2.18. The fraction of sp³-hybridized carbons (Fsp3) is 0.375. The standard InChI is InChI=1S/C8H11N5O4S2/c1-18(14,15)13(19(2,16)17)8-5-3-4-7(11-8)6-10-12-9/h3-5H,6H2,1-2H3. The second kappa shape index (κ2) is 5.43. The Kier molecular flexibility index (Phi) is 4.35. The van der Waals surface area contributed by atoms with Crippen LogP contribution >= 0.6 is 0 Å². The van der Waals surface area contributed by atoms with Gasteiger partial charge in [-0.25, -0.2) is 21.8 Å². The first-order valence-electron chi connectivity index (χ1n) is 4.83. The van der Waals surface area contributed by atoms with Crippen LogP contribution in [0.1, 0.15) is 5.69 Å². The van der Waals surface area contributed by atoms with Crippen LogP contribution in [0.15, 0.2) is 23.3 Å². The Bertz CT molecular complexity index is 689. The summed E-state index contributed by atoms with van der Waals surface area (Å²) in [6.07, 6.45) is 1.52. The summed E-state index contributed by atoms with van der Waals surface area (Å²) in [5.74, 6) is -0.268. The van der Waals surface area contributed by atoms with Crippen LogP contribution in [0.3, 0.4) is 0 Å². The number of azide groups is 1. The van der Waals surface area contributed by atoms with E-state index in [1.807, 2.05) is 0 Å². The van der Waals surface area contributed by atoms with Gasteiger partial charge in [-0.2, -0.15) is 0 Å². The highest BCUT2D eigenvalue weighted by atomic mass is 32.3. The summed E-state index contributed by atoms with van der Waals surface area (Å²) in [7, 11) is -8.07. The Morgan fingerprint density at radius 3 is 2.32 bits per heavy atom. The topological polar surface area (TPSA) is 133 Å². The quantitative estimate of drug-likeness (QED) is 0.446. The number of hydrogen-bond acceptors (Lipinski definition) is 6. The molecule has 0 amide bonds. The number of anilines is 1. The lowest BCUT2D eigenvalue weighted by Gasteiger charge is -2.18. The van der Waals surface area contributed by atoms with E-state index in [0.717, 1.165) is 12.5 Å². The van der Waals surface area contributed by atoms with Gasteiger partial charge < -0.3 is 0 Å². The molecule has 0 spiro atoms.